The molecule has 0 saturated carbocycles. The van der Waals surface area contributed by atoms with E-state index in [1.165, 1.54) is 0 Å². The molecule has 0 bridgehead atoms. The molecule has 0 aromatic carbocycles. The van der Waals surface area contributed by atoms with E-state index in [1.54, 1.807) is 0 Å². The molecule has 0 rings (SSSR count). The standard InChI is InChI=1S/2Ca.H3N.H2O4S/c;;;1-5(2,3)4/h;;1H3;(H2,1,2,3,4)/q2*+2;;. The van der Waals surface area contributed by atoms with Crippen LogP contribution in [0.5, 0.6) is 0 Å². The SMILES string of the molecule is N.O=S(=O)(O)O.[Ca+2].[Ca+2]. The van der Waals surface area contributed by atoms with E-state index in [9.17, 15) is 0 Å². The van der Waals surface area contributed by atoms with Crippen LogP contribution in [0.3, 0.4) is 0 Å². The molecule has 0 saturated heterocycles. The van der Waals surface area contributed by atoms with Gasteiger partial charge in [0.2, 0.25) is 0 Å². The minimum absolute atomic E-state index is 0. The van der Waals surface area contributed by atoms with Gasteiger partial charge >= 0.3 is 85.9 Å². The van der Waals surface area contributed by atoms with Crippen molar-refractivity contribution in [3.63, 3.8) is 0 Å². The normalized spacial score (nSPS) is 7.25. The van der Waals surface area contributed by atoms with Gasteiger partial charge in [-0.15, -0.1) is 0 Å². The van der Waals surface area contributed by atoms with Crippen LogP contribution < -0.4 is 6.15 Å². The summed E-state index contributed by atoms with van der Waals surface area (Å²) in [6.07, 6.45) is 0. The predicted octanol–water partition coefficient (Wildman–Crippen LogP) is -1.25. The van der Waals surface area contributed by atoms with Crippen LogP contribution in [0.1, 0.15) is 0 Å². The Kier molecular flexibility index (Phi) is 26.2. The van der Waals surface area contributed by atoms with Crippen molar-refractivity contribution >= 4 is 85.9 Å². The van der Waals surface area contributed by atoms with Crippen LogP contribution in [-0.4, -0.2) is 93.0 Å². The zero-order valence-electron chi connectivity index (χ0n) is 4.24. The largest absolute Gasteiger partial charge is 2.00 e. The quantitative estimate of drug-likeness (QED) is 0.330. The average Bonchev–Trinajstić information content (AvgIpc) is 0.722. The van der Waals surface area contributed by atoms with Gasteiger partial charge in [-0.2, -0.15) is 8.42 Å². The van der Waals surface area contributed by atoms with Gasteiger partial charge in [0.25, 0.3) is 0 Å². The Bertz CT molecular complexity index is 97.2. The third kappa shape index (κ3) is 81.7. The summed E-state index contributed by atoms with van der Waals surface area (Å²) >= 11 is 0. The first-order valence-corrected chi connectivity index (χ1v) is 2.10. The number of hydrogen-bond donors (Lipinski definition) is 3. The van der Waals surface area contributed by atoms with E-state index in [0.717, 1.165) is 0 Å². The van der Waals surface area contributed by atoms with Gasteiger partial charge in [0.15, 0.2) is 0 Å². The maximum absolute atomic E-state index is 8.74. The van der Waals surface area contributed by atoms with E-state index in [-0.39, 0.29) is 81.6 Å². The second-order valence-corrected chi connectivity index (χ2v) is 1.34. The topological polar surface area (TPSA) is 110 Å². The zero-order valence-corrected chi connectivity index (χ0v) is 9.47. The molecule has 0 aromatic rings. The van der Waals surface area contributed by atoms with Crippen molar-refractivity contribution in [2.24, 2.45) is 0 Å². The first-order chi connectivity index (χ1) is 2.00. The van der Waals surface area contributed by atoms with Crippen LogP contribution in [0, 0.1) is 0 Å². The Balaban J connectivity index is -0.0000000267. The maximum atomic E-state index is 8.74. The van der Waals surface area contributed by atoms with Gasteiger partial charge in [-0.25, -0.2) is 0 Å². The maximum Gasteiger partial charge on any atom is 2.00 e. The summed E-state index contributed by atoms with van der Waals surface area (Å²) in [5.74, 6) is 0. The van der Waals surface area contributed by atoms with Gasteiger partial charge in [0.05, 0.1) is 0 Å². The van der Waals surface area contributed by atoms with Crippen LogP contribution in [0.15, 0.2) is 0 Å². The van der Waals surface area contributed by atoms with E-state index in [2.05, 4.69) is 0 Å². The van der Waals surface area contributed by atoms with Crippen molar-refractivity contribution in [1.82, 2.24) is 6.15 Å². The van der Waals surface area contributed by atoms with Crippen LogP contribution in [0.25, 0.3) is 0 Å². The van der Waals surface area contributed by atoms with Crippen LogP contribution >= 0.6 is 0 Å². The van der Waals surface area contributed by atoms with Gasteiger partial charge in [0.1, 0.15) is 0 Å². The minimum atomic E-state index is -4.67. The average molecular weight is 195 g/mol. The summed E-state index contributed by atoms with van der Waals surface area (Å²) in [5.41, 5.74) is 0. The Morgan fingerprint density at radius 1 is 1.00 bits per heavy atom. The van der Waals surface area contributed by atoms with E-state index in [4.69, 9.17) is 17.5 Å². The smallest absolute Gasteiger partial charge is 0.344 e. The second-order valence-electron chi connectivity index (χ2n) is 0.448. The molecule has 0 aliphatic rings. The third-order valence-corrected chi connectivity index (χ3v) is 0. The van der Waals surface area contributed by atoms with Crippen molar-refractivity contribution in [1.29, 1.82) is 0 Å². The summed E-state index contributed by atoms with van der Waals surface area (Å²) in [4.78, 5) is 0. The Hall–Kier alpha value is 2.35. The van der Waals surface area contributed by atoms with Crippen molar-refractivity contribution in [2.75, 3.05) is 0 Å². The number of rotatable bonds is 0. The van der Waals surface area contributed by atoms with E-state index < -0.39 is 10.4 Å². The fraction of sp³-hybridized carbons (Fsp3) is 0. The van der Waals surface area contributed by atoms with Crippen LogP contribution in [0.4, 0.5) is 0 Å². The molecule has 0 aliphatic carbocycles. The van der Waals surface area contributed by atoms with Crippen LogP contribution in [0.2, 0.25) is 0 Å². The Morgan fingerprint density at radius 2 is 1.00 bits per heavy atom. The van der Waals surface area contributed by atoms with Gasteiger partial charge in [-0.1, -0.05) is 0 Å². The molecule has 0 heterocycles. The molecule has 0 atom stereocenters. The van der Waals surface area contributed by atoms with E-state index in [0.29, 0.717) is 0 Å². The van der Waals surface area contributed by atoms with Gasteiger partial charge < -0.3 is 6.15 Å². The molecule has 0 amide bonds. The molecule has 5 N–H and O–H groups in total. The molecule has 0 fully saturated rings. The Labute approximate surface area is 107 Å². The molecule has 0 unspecified atom stereocenters. The molecule has 8 heavy (non-hydrogen) atoms. The van der Waals surface area contributed by atoms with Crippen molar-refractivity contribution < 1.29 is 17.5 Å². The molecule has 8 heteroatoms. The summed E-state index contributed by atoms with van der Waals surface area (Å²) in [6, 6.07) is 0. The van der Waals surface area contributed by atoms with Crippen LogP contribution in [-0.2, 0) is 10.4 Å². The summed E-state index contributed by atoms with van der Waals surface area (Å²) in [6.45, 7) is 0. The third-order valence-electron chi connectivity index (χ3n) is 0. The second kappa shape index (κ2) is 9.35. The van der Waals surface area contributed by atoms with Crippen molar-refractivity contribution in [2.45, 2.75) is 0 Å². The zero-order chi connectivity index (χ0) is 4.50. The molecule has 0 aliphatic heterocycles. The molecular formula is H5Ca2NO4S+4. The van der Waals surface area contributed by atoms with Gasteiger partial charge in [-0.3, -0.25) is 9.11 Å². The van der Waals surface area contributed by atoms with Gasteiger partial charge in [-0.05, 0) is 0 Å². The fourth-order valence-electron chi connectivity index (χ4n) is 0. The fourth-order valence-corrected chi connectivity index (χ4v) is 0. The molecule has 5 nitrogen and oxygen atoms in total. The summed E-state index contributed by atoms with van der Waals surface area (Å²) in [7, 11) is -4.67. The van der Waals surface area contributed by atoms with E-state index >= 15 is 0 Å². The minimum Gasteiger partial charge on any atom is -0.344 e. The molecule has 0 aromatic heterocycles. The molecular weight excluding hydrogens is 190 g/mol. The van der Waals surface area contributed by atoms with Crippen molar-refractivity contribution in [3.8, 4) is 0 Å². The summed E-state index contributed by atoms with van der Waals surface area (Å²) < 4.78 is 31.6. The van der Waals surface area contributed by atoms with Gasteiger partial charge in [0, 0.05) is 0 Å². The Morgan fingerprint density at radius 3 is 1.00 bits per heavy atom. The number of hydrogen-bond acceptors (Lipinski definition) is 3. The summed E-state index contributed by atoms with van der Waals surface area (Å²) in [5, 5.41) is 0. The monoisotopic (exact) mass is 195 g/mol. The predicted molar refractivity (Wildman–Crippen MR) is 30.7 cm³/mol. The van der Waals surface area contributed by atoms with Crippen molar-refractivity contribution in [3.05, 3.63) is 0 Å². The molecule has 0 radical (unpaired) electrons. The first kappa shape index (κ1) is 22.4. The molecule has 0 spiro atoms. The molecule has 40 valence electrons. The van der Waals surface area contributed by atoms with E-state index in [1.807, 2.05) is 0 Å². The first-order valence-electron chi connectivity index (χ1n) is 0.698.